The maximum atomic E-state index is 13.1. The van der Waals surface area contributed by atoms with Crippen molar-refractivity contribution in [3.05, 3.63) is 23.8 Å². The van der Waals surface area contributed by atoms with Crippen molar-refractivity contribution in [2.75, 3.05) is 13.4 Å². The van der Waals surface area contributed by atoms with E-state index in [9.17, 15) is 19.8 Å². The van der Waals surface area contributed by atoms with Gasteiger partial charge in [0.15, 0.2) is 11.5 Å². The molecule has 9 heteroatoms. The lowest BCUT2D eigenvalue weighted by Gasteiger charge is -2.60. The maximum Gasteiger partial charge on any atom is 0.407 e. The Morgan fingerprint density at radius 3 is 2.59 bits per heavy atom. The molecular weight excluding hydrogens is 500 g/mol. The Bertz CT molecular complexity index is 1040. The van der Waals surface area contributed by atoms with E-state index in [-0.39, 0.29) is 49.0 Å². The number of hydrogen-bond acceptors (Lipinski definition) is 7. The number of rotatable bonds is 7. The van der Waals surface area contributed by atoms with Crippen LogP contribution in [0.1, 0.15) is 83.6 Å². The molecule has 0 saturated heterocycles. The van der Waals surface area contributed by atoms with E-state index >= 15 is 0 Å². The molecule has 4 aliphatic rings. The van der Waals surface area contributed by atoms with E-state index in [4.69, 9.17) is 14.2 Å². The normalized spacial score (nSPS) is 34.2. The molecule has 39 heavy (non-hydrogen) atoms. The quantitative estimate of drug-likeness (QED) is 0.408. The number of carbonyl (C=O) groups is 2. The Morgan fingerprint density at radius 2 is 1.82 bits per heavy atom. The Kier molecular flexibility index (Phi) is 8.29. The van der Waals surface area contributed by atoms with Gasteiger partial charge in [-0.1, -0.05) is 39.2 Å². The summed E-state index contributed by atoms with van der Waals surface area (Å²) in [6, 6.07) is 5.77. The van der Waals surface area contributed by atoms with Crippen molar-refractivity contribution in [2.45, 2.75) is 103 Å². The fourth-order valence-corrected chi connectivity index (χ4v) is 7.88. The summed E-state index contributed by atoms with van der Waals surface area (Å²) in [6.07, 6.45) is 6.77. The monoisotopic (exact) mass is 544 g/mol. The largest absolute Gasteiger partial charge is 0.454 e. The Hall–Kier alpha value is -2.52. The number of alkyl carbamates (subject to hydrolysis) is 1. The molecule has 1 aliphatic heterocycles. The van der Waals surface area contributed by atoms with E-state index in [1.165, 1.54) is 6.42 Å². The van der Waals surface area contributed by atoms with Gasteiger partial charge in [0, 0.05) is 24.4 Å². The van der Waals surface area contributed by atoms with Crippen LogP contribution in [0.15, 0.2) is 18.2 Å². The van der Waals surface area contributed by atoms with E-state index < -0.39 is 23.7 Å². The van der Waals surface area contributed by atoms with E-state index in [0.717, 1.165) is 31.2 Å². The average molecular weight is 545 g/mol. The zero-order valence-corrected chi connectivity index (χ0v) is 23.2. The average Bonchev–Trinajstić information content (AvgIpc) is 3.40. The van der Waals surface area contributed by atoms with Gasteiger partial charge < -0.3 is 35.1 Å². The van der Waals surface area contributed by atoms with E-state index in [2.05, 4.69) is 17.6 Å². The number of benzene rings is 1. The van der Waals surface area contributed by atoms with Crippen LogP contribution in [-0.2, 0) is 16.1 Å². The highest BCUT2D eigenvalue weighted by atomic mass is 16.7. The summed E-state index contributed by atoms with van der Waals surface area (Å²) in [7, 11) is 0. The second kappa shape index (κ2) is 11.5. The summed E-state index contributed by atoms with van der Waals surface area (Å²) < 4.78 is 16.8. The van der Waals surface area contributed by atoms with Crippen LogP contribution in [0, 0.1) is 22.7 Å². The molecule has 1 aromatic rings. The third kappa shape index (κ3) is 5.71. The van der Waals surface area contributed by atoms with Crippen molar-refractivity contribution in [3.63, 3.8) is 0 Å². The second-order valence-corrected chi connectivity index (χ2v) is 12.6. The predicted octanol–water partition coefficient (Wildman–Crippen LogP) is 4.03. The first kappa shape index (κ1) is 28.0. The minimum Gasteiger partial charge on any atom is -0.454 e. The number of amides is 2. The van der Waals surface area contributed by atoms with Crippen LogP contribution in [-0.4, -0.2) is 53.9 Å². The van der Waals surface area contributed by atoms with E-state index in [1.54, 1.807) is 0 Å². The SMILES string of the molecule is C[C@]1(CO)[C@@H]2CC[C@@H](O)[C@@H](CC(=O)NCc3ccc4c(c3)OCO4)[C@]2(C)CC[C@H]1OC(=O)NC1CCCCC1. The summed E-state index contributed by atoms with van der Waals surface area (Å²) in [6.45, 7) is 4.59. The zero-order valence-electron chi connectivity index (χ0n) is 23.2. The molecule has 2 amide bonds. The van der Waals surface area contributed by atoms with Crippen LogP contribution in [0.5, 0.6) is 11.5 Å². The standard InChI is InChI=1S/C30H44N2O7/c1-29-13-12-26(39-28(36)32-20-6-4-3-5-7-20)30(2,17-33)25(29)11-9-22(34)21(29)15-27(35)31-16-19-8-10-23-24(14-19)38-18-37-23/h8,10,14,20-22,25-26,33-34H,3-7,9,11-13,15-18H2,1-2H3,(H,31,35)(H,32,36)/t21-,22-,25-,26-,29+,30+/m1/s1. The van der Waals surface area contributed by atoms with Gasteiger partial charge in [-0.05, 0) is 73.5 Å². The van der Waals surface area contributed by atoms with Crippen LogP contribution >= 0.6 is 0 Å². The molecule has 0 unspecified atom stereocenters. The molecule has 1 aromatic carbocycles. The van der Waals surface area contributed by atoms with Gasteiger partial charge in [-0.15, -0.1) is 0 Å². The van der Waals surface area contributed by atoms with Crippen molar-refractivity contribution in [3.8, 4) is 11.5 Å². The van der Waals surface area contributed by atoms with Crippen LogP contribution in [0.3, 0.4) is 0 Å². The lowest BCUT2D eigenvalue weighted by molar-refractivity contribution is -0.186. The summed E-state index contributed by atoms with van der Waals surface area (Å²) in [5, 5.41) is 27.8. The number of aliphatic hydroxyl groups excluding tert-OH is 2. The smallest absolute Gasteiger partial charge is 0.407 e. The van der Waals surface area contributed by atoms with Gasteiger partial charge in [0.05, 0.1) is 12.7 Å². The number of carbonyl (C=O) groups excluding carboxylic acids is 2. The van der Waals surface area contributed by atoms with Crippen molar-refractivity contribution in [1.82, 2.24) is 10.6 Å². The highest BCUT2D eigenvalue weighted by Gasteiger charge is 2.60. The van der Waals surface area contributed by atoms with E-state index in [0.29, 0.717) is 43.7 Å². The molecule has 0 radical (unpaired) electrons. The molecule has 216 valence electrons. The van der Waals surface area contributed by atoms with Gasteiger partial charge in [0.2, 0.25) is 12.7 Å². The van der Waals surface area contributed by atoms with Gasteiger partial charge in [0.1, 0.15) is 6.10 Å². The molecule has 0 spiro atoms. The number of fused-ring (bicyclic) bond motifs is 2. The molecule has 0 bridgehead atoms. The molecule has 4 N–H and O–H groups in total. The Morgan fingerprint density at radius 1 is 1.05 bits per heavy atom. The summed E-state index contributed by atoms with van der Waals surface area (Å²) in [4.78, 5) is 25.9. The molecule has 3 saturated carbocycles. The molecule has 9 nitrogen and oxygen atoms in total. The minimum atomic E-state index is -0.655. The number of nitrogens with one attached hydrogen (secondary N) is 2. The third-order valence-electron chi connectivity index (χ3n) is 10.2. The fourth-order valence-electron chi connectivity index (χ4n) is 7.88. The predicted molar refractivity (Wildman–Crippen MR) is 144 cm³/mol. The van der Waals surface area contributed by atoms with Crippen molar-refractivity contribution in [2.24, 2.45) is 22.7 Å². The molecular formula is C30H44N2O7. The molecule has 6 atom stereocenters. The van der Waals surface area contributed by atoms with Crippen LogP contribution < -0.4 is 20.1 Å². The summed E-state index contributed by atoms with van der Waals surface area (Å²) in [5.74, 6) is 1.01. The molecule has 1 heterocycles. The lowest BCUT2D eigenvalue weighted by atomic mass is 9.46. The van der Waals surface area contributed by atoms with Crippen molar-refractivity contribution in [1.29, 1.82) is 0 Å². The van der Waals surface area contributed by atoms with Gasteiger partial charge in [0.25, 0.3) is 0 Å². The van der Waals surface area contributed by atoms with Gasteiger partial charge in [-0.3, -0.25) is 4.79 Å². The fraction of sp³-hybridized carbons (Fsp3) is 0.733. The summed E-state index contributed by atoms with van der Waals surface area (Å²) in [5.41, 5.74) is -0.110. The zero-order chi connectivity index (χ0) is 27.6. The molecule has 3 aliphatic carbocycles. The van der Waals surface area contributed by atoms with Crippen molar-refractivity contribution >= 4 is 12.0 Å². The van der Waals surface area contributed by atoms with Crippen LogP contribution in [0.2, 0.25) is 0 Å². The Balaban J connectivity index is 1.23. The van der Waals surface area contributed by atoms with Gasteiger partial charge >= 0.3 is 6.09 Å². The first-order valence-corrected chi connectivity index (χ1v) is 14.6. The number of aliphatic hydroxyl groups is 2. The first-order valence-electron chi connectivity index (χ1n) is 14.6. The minimum absolute atomic E-state index is 0.00582. The molecule has 0 aromatic heterocycles. The summed E-state index contributed by atoms with van der Waals surface area (Å²) >= 11 is 0. The Labute approximate surface area is 231 Å². The topological polar surface area (TPSA) is 126 Å². The van der Waals surface area contributed by atoms with Crippen LogP contribution in [0.25, 0.3) is 0 Å². The van der Waals surface area contributed by atoms with Gasteiger partial charge in [-0.25, -0.2) is 4.79 Å². The third-order valence-corrected chi connectivity index (χ3v) is 10.2. The second-order valence-electron chi connectivity index (χ2n) is 12.6. The first-order chi connectivity index (χ1) is 18.7. The number of hydrogen-bond donors (Lipinski definition) is 4. The molecule has 3 fully saturated rings. The number of ether oxygens (including phenoxy) is 3. The maximum absolute atomic E-state index is 13.1. The van der Waals surface area contributed by atoms with E-state index in [1.807, 2.05) is 25.1 Å². The van der Waals surface area contributed by atoms with Crippen molar-refractivity contribution < 1.29 is 34.0 Å². The molecule has 5 rings (SSSR count). The lowest BCUT2D eigenvalue weighted by Crippen LogP contribution is -2.61. The highest BCUT2D eigenvalue weighted by molar-refractivity contribution is 5.76. The van der Waals surface area contributed by atoms with Crippen LogP contribution in [0.4, 0.5) is 4.79 Å². The highest BCUT2D eigenvalue weighted by Crippen LogP contribution is 2.61. The van der Waals surface area contributed by atoms with Gasteiger partial charge in [-0.2, -0.15) is 0 Å².